The fourth-order valence-corrected chi connectivity index (χ4v) is 0.621. The molecule has 0 aromatic carbocycles. The molecule has 0 aromatic heterocycles. The summed E-state index contributed by atoms with van der Waals surface area (Å²) in [5.74, 6) is 0.803. The summed E-state index contributed by atoms with van der Waals surface area (Å²) in [7, 11) is 0. The molecule has 0 nitrogen and oxygen atoms in total. The third kappa shape index (κ3) is 0.923. The van der Waals surface area contributed by atoms with E-state index in [1.807, 2.05) is 6.08 Å². The van der Waals surface area contributed by atoms with Crippen molar-refractivity contribution in [2.75, 3.05) is 0 Å². The van der Waals surface area contributed by atoms with Gasteiger partial charge in [0.2, 0.25) is 0 Å². The Bertz CT molecular complexity index is 96.6. The Labute approximate surface area is 44.5 Å². The van der Waals surface area contributed by atoms with Gasteiger partial charge in [0, 0.05) is 0 Å². The van der Waals surface area contributed by atoms with Crippen LogP contribution in [0.1, 0.15) is 12.8 Å². The van der Waals surface area contributed by atoms with E-state index in [2.05, 4.69) is 13.2 Å². The van der Waals surface area contributed by atoms with Crippen LogP contribution in [-0.2, 0) is 0 Å². The Morgan fingerprint density at radius 2 is 2.14 bits per heavy atom. The first kappa shape index (κ1) is 4.63. The summed E-state index contributed by atoms with van der Waals surface area (Å²) >= 11 is 0. The van der Waals surface area contributed by atoms with Crippen LogP contribution in [-0.4, -0.2) is 0 Å². The molecule has 0 atom stereocenters. The van der Waals surface area contributed by atoms with E-state index in [0.29, 0.717) is 0 Å². The van der Waals surface area contributed by atoms with Gasteiger partial charge in [-0.15, -0.1) is 0 Å². The second kappa shape index (κ2) is 1.53. The van der Waals surface area contributed by atoms with Gasteiger partial charge in [0.1, 0.15) is 0 Å². The molecule has 0 aliphatic heterocycles. The lowest BCUT2D eigenvalue weighted by Gasteiger charge is -1.87. The molecule has 0 heterocycles. The number of hydrogen-bond acceptors (Lipinski definition) is 0. The summed E-state index contributed by atoms with van der Waals surface area (Å²) in [4.78, 5) is 0. The van der Waals surface area contributed by atoms with Crippen LogP contribution in [0.2, 0.25) is 0 Å². The monoisotopic (exact) mass is 94.1 g/mol. The van der Waals surface area contributed by atoms with Gasteiger partial charge in [0.25, 0.3) is 0 Å². The van der Waals surface area contributed by atoms with Gasteiger partial charge < -0.3 is 0 Å². The van der Waals surface area contributed by atoms with Crippen molar-refractivity contribution in [3.63, 3.8) is 0 Å². The van der Waals surface area contributed by atoms with Gasteiger partial charge in [-0.25, -0.2) is 0 Å². The van der Waals surface area contributed by atoms with Crippen molar-refractivity contribution in [1.29, 1.82) is 0 Å². The highest BCUT2D eigenvalue weighted by Crippen LogP contribution is 2.35. The SMILES string of the molecule is C=CC(=C)C1CC1. The maximum absolute atomic E-state index is 3.82. The summed E-state index contributed by atoms with van der Waals surface area (Å²) in [5.41, 5.74) is 1.22. The highest BCUT2D eigenvalue weighted by Gasteiger charge is 2.21. The van der Waals surface area contributed by atoms with Crippen LogP contribution >= 0.6 is 0 Å². The molecule has 1 rings (SSSR count). The van der Waals surface area contributed by atoms with Gasteiger partial charge >= 0.3 is 0 Å². The van der Waals surface area contributed by atoms with Crippen molar-refractivity contribution >= 4 is 0 Å². The minimum atomic E-state index is 0.803. The van der Waals surface area contributed by atoms with E-state index >= 15 is 0 Å². The Morgan fingerprint density at radius 1 is 1.57 bits per heavy atom. The zero-order chi connectivity index (χ0) is 5.28. The van der Waals surface area contributed by atoms with E-state index in [1.165, 1.54) is 18.4 Å². The molecule has 38 valence electrons. The lowest BCUT2D eigenvalue weighted by atomic mass is 10.2. The zero-order valence-electron chi connectivity index (χ0n) is 4.48. The van der Waals surface area contributed by atoms with Gasteiger partial charge in [-0.05, 0) is 18.8 Å². The van der Waals surface area contributed by atoms with Crippen molar-refractivity contribution in [1.82, 2.24) is 0 Å². The first-order valence-corrected chi connectivity index (χ1v) is 2.66. The average molecular weight is 94.2 g/mol. The summed E-state index contributed by atoms with van der Waals surface area (Å²) in [5, 5.41) is 0. The molecule has 1 fully saturated rings. The average Bonchev–Trinajstić information content (AvgIpc) is 2.44. The molecule has 0 heteroatoms. The predicted octanol–water partition coefficient (Wildman–Crippen LogP) is 2.14. The minimum Gasteiger partial charge on any atom is -0.0988 e. The van der Waals surface area contributed by atoms with Crippen LogP contribution < -0.4 is 0 Å². The highest BCUT2D eigenvalue weighted by molar-refractivity contribution is 5.19. The molecule has 1 saturated carbocycles. The number of allylic oxidation sites excluding steroid dienone is 2. The Morgan fingerprint density at radius 3 is 2.29 bits per heavy atom. The molecule has 0 spiro atoms. The standard InChI is InChI=1S/C7H10/c1-3-6(2)7-4-5-7/h3,7H,1-2,4-5H2. The molecule has 0 bridgehead atoms. The fourth-order valence-electron chi connectivity index (χ4n) is 0.621. The van der Waals surface area contributed by atoms with Crippen LogP contribution in [0.25, 0.3) is 0 Å². The highest BCUT2D eigenvalue weighted by atomic mass is 14.3. The van der Waals surface area contributed by atoms with Crippen LogP contribution in [0.4, 0.5) is 0 Å². The fraction of sp³-hybridized carbons (Fsp3) is 0.429. The van der Waals surface area contributed by atoms with Crippen LogP contribution in [0.5, 0.6) is 0 Å². The van der Waals surface area contributed by atoms with Crippen LogP contribution in [0.15, 0.2) is 24.8 Å². The Hall–Kier alpha value is -0.520. The molecule has 0 amide bonds. The number of hydrogen-bond donors (Lipinski definition) is 0. The number of rotatable bonds is 2. The van der Waals surface area contributed by atoms with Crippen molar-refractivity contribution in [3.05, 3.63) is 24.8 Å². The quantitative estimate of drug-likeness (QED) is 0.460. The van der Waals surface area contributed by atoms with Crippen LogP contribution in [0.3, 0.4) is 0 Å². The largest absolute Gasteiger partial charge is 0.0988 e. The molecular formula is C7H10. The molecule has 1 aliphatic carbocycles. The normalized spacial score (nSPS) is 18.9. The van der Waals surface area contributed by atoms with Gasteiger partial charge in [0.15, 0.2) is 0 Å². The second-order valence-electron chi connectivity index (χ2n) is 2.05. The smallest absolute Gasteiger partial charge is 0.0168 e. The van der Waals surface area contributed by atoms with Gasteiger partial charge in [-0.2, -0.15) is 0 Å². The van der Waals surface area contributed by atoms with Gasteiger partial charge in [-0.1, -0.05) is 24.8 Å². The molecule has 0 aromatic rings. The summed E-state index contributed by atoms with van der Waals surface area (Å²) < 4.78 is 0. The maximum Gasteiger partial charge on any atom is -0.0168 e. The zero-order valence-corrected chi connectivity index (χ0v) is 4.48. The molecule has 0 unspecified atom stereocenters. The lowest BCUT2D eigenvalue weighted by Crippen LogP contribution is -1.72. The molecule has 0 radical (unpaired) electrons. The Kier molecular flexibility index (Phi) is 1.01. The van der Waals surface area contributed by atoms with E-state index in [9.17, 15) is 0 Å². The third-order valence-corrected chi connectivity index (χ3v) is 1.36. The van der Waals surface area contributed by atoms with E-state index < -0.39 is 0 Å². The second-order valence-corrected chi connectivity index (χ2v) is 2.05. The molecular weight excluding hydrogens is 84.1 g/mol. The lowest BCUT2D eigenvalue weighted by molar-refractivity contribution is 1.06. The molecule has 7 heavy (non-hydrogen) atoms. The summed E-state index contributed by atoms with van der Waals surface area (Å²) in [6.45, 7) is 7.44. The molecule has 0 N–H and O–H groups in total. The Balaban J connectivity index is 2.37. The van der Waals surface area contributed by atoms with Crippen molar-refractivity contribution in [3.8, 4) is 0 Å². The van der Waals surface area contributed by atoms with Crippen LogP contribution in [0, 0.1) is 5.92 Å². The third-order valence-electron chi connectivity index (χ3n) is 1.36. The van der Waals surface area contributed by atoms with E-state index in [-0.39, 0.29) is 0 Å². The predicted molar refractivity (Wildman–Crippen MR) is 32.1 cm³/mol. The first-order chi connectivity index (χ1) is 3.34. The summed E-state index contributed by atoms with van der Waals surface area (Å²) in [6, 6.07) is 0. The topological polar surface area (TPSA) is 0 Å². The van der Waals surface area contributed by atoms with E-state index in [0.717, 1.165) is 5.92 Å². The van der Waals surface area contributed by atoms with Crippen molar-refractivity contribution in [2.45, 2.75) is 12.8 Å². The minimum absolute atomic E-state index is 0.803. The molecule has 1 aliphatic rings. The summed E-state index contributed by atoms with van der Waals surface area (Å²) in [6.07, 6.45) is 4.54. The van der Waals surface area contributed by atoms with Gasteiger partial charge in [-0.3, -0.25) is 0 Å². The van der Waals surface area contributed by atoms with Crippen molar-refractivity contribution < 1.29 is 0 Å². The maximum atomic E-state index is 3.82. The molecule has 0 saturated heterocycles. The van der Waals surface area contributed by atoms with Crippen molar-refractivity contribution in [2.24, 2.45) is 5.92 Å². The van der Waals surface area contributed by atoms with Gasteiger partial charge in [0.05, 0.1) is 0 Å². The first-order valence-electron chi connectivity index (χ1n) is 2.66. The van der Waals surface area contributed by atoms with E-state index in [1.54, 1.807) is 0 Å². The van der Waals surface area contributed by atoms with E-state index in [4.69, 9.17) is 0 Å².